The fraction of sp³-hybridized carbons (Fsp3) is 0.154. The number of benzene rings is 1. The molecule has 2 aromatic rings. The Hall–Kier alpha value is -2.32. The summed E-state index contributed by atoms with van der Waals surface area (Å²) in [6.45, 7) is 1.76. The maximum atomic E-state index is 12.1. The highest BCUT2D eigenvalue weighted by molar-refractivity contribution is 6.34. The number of carbonyl (C=O) groups excluding carboxylic acids is 1. The number of aryl methyl sites for hydroxylation is 2. The van der Waals surface area contributed by atoms with E-state index in [1.54, 1.807) is 37.0 Å². The molecule has 0 unspecified atom stereocenters. The number of nitriles is 1. The standard InChI is InChI=1S/C13H11ClN4O/c1-8-10(7-18(2)17-8)13(19)16-12-4-3-9(6-15)5-11(12)14/h3-5,7H,1-2H3,(H,16,19). The van der Waals surface area contributed by atoms with Crippen molar-refractivity contribution < 1.29 is 4.79 Å². The monoisotopic (exact) mass is 274 g/mol. The Morgan fingerprint density at radius 3 is 2.79 bits per heavy atom. The molecule has 0 aliphatic carbocycles. The minimum atomic E-state index is -0.280. The number of halogens is 1. The maximum Gasteiger partial charge on any atom is 0.259 e. The Bertz CT molecular complexity index is 684. The minimum Gasteiger partial charge on any atom is -0.321 e. The maximum absolute atomic E-state index is 12.1. The van der Waals surface area contributed by atoms with Crippen LogP contribution in [-0.2, 0) is 7.05 Å². The number of anilines is 1. The molecule has 5 nitrogen and oxygen atoms in total. The van der Waals surface area contributed by atoms with Crippen LogP contribution in [0.25, 0.3) is 0 Å². The van der Waals surface area contributed by atoms with E-state index in [2.05, 4.69) is 10.4 Å². The van der Waals surface area contributed by atoms with Crippen molar-refractivity contribution in [1.29, 1.82) is 5.26 Å². The van der Waals surface area contributed by atoms with Crippen LogP contribution in [0.4, 0.5) is 5.69 Å². The molecule has 0 bridgehead atoms. The first-order valence-electron chi connectivity index (χ1n) is 5.52. The Kier molecular flexibility index (Phi) is 3.54. The van der Waals surface area contributed by atoms with Crippen LogP contribution in [0.5, 0.6) is 0 Å². The number of hydrogen-bond acceptors (Lipinski definition) is 3. The summed E-state index contributed by atoms with van der Waals surface area (Å²) in [4.78, 5) is 12.1. The van der Waals surface area contributed by atoms with Gasteiger partial charge in [-0.3, -0.25) is 9.48 Å². The number of nitrogens with zero attached hydrogens (tertiary/aromatic N) is 3. The van der Waals surface area contributed by atoms with E-state index in [1.807, 2.05) is 6.07 Å². The third-order valence-corrected chi connectivity index (χ3v) is 2.92. The molecule has 0 fully saturated rings. The molecule has 0 saturated carbocycles. The molecule has 1 heterocycles. The third-order valence-electron chi connectivity index (χ3n) is 2.60. The largest absolute Gasteiger partial charge is 0.321 e. The van der Waals surface area contributed by atoms with Crippen molar-refractivity contribution in [3.8, 4) is 6.07 Å². The van der Waals surface area contributed by atoms with Crippen LogP contribution in [0.15, 0.2) is 24.4 Å². The lowest BCUT2D eigenvalue weighted by Gasteiger charge is -2.06. The zero-order valence-corrected chi connectivity index (χ0v) is 11.2. The molecular formula is C13H11ClN4O. The van der Waals surface area contributed by atoms with Gasteiger partial charge in [-0.1, -0.05) is 11.6 Å². The Morgan fingerprint density at radius 2 is 2.26 bits per heavy atom. The van der Waals surface area contributed by atoms with E-state index in [0.29, 0.717) is 27.5 Å². The zero-order valence-electron chi connectivity index (χ0n) is 10.4. The fourth-order valence-corrected chi connectivity index (χ4v) is 1.93. The first kappa shape index (κ1) is 13.1. The number of amides is 1. The van der Waals surface area contributed by atoms with Gasteiger partial charge in [0, 0.05) is 13.2 Å². The van der Waals surface area contributed by atoms with Gasteiger partial charge in [-0.15, -0.1) is 0 Å². The molecule has 0 atom stereocenters. The summed E-state index contributed by atoms with van der Waals surface area (Å²) < 4.78 is 1.57. The van der Waals surface area contributed by atoms with Crippen molar-refractivity contribution in [3.63, 3.8) is 0 Å². The quantitative estimate of drug-likeness (QED) is 0.915. The minimum absolute atomic E-state index is 0.280. The fourth-order valence-electron chi connectivity index (χ4n) is 1.70. The lowest BCUT2D eigenvalue weighted by atomic mass is 10.2. The second kappa shape index (κ2) is 5.12. The third kappa shape index (κ3) is 2.75. The lowest BCUT2D eigenvalue weighted by Crippen LogP contribution is -2.12. The van der Waals surface area contributed by atoms with E-state index in [-0.39, 0.29) is 5.91 Å². The number of aromatic nitrogens is 2. The van der Waals surface area contributed by atoms with E-state index < -0.39 is 0 Å². The molecule has 6 heteroatoms. The van der Waals surface area contributed by atoms with Crippen molar-refractivity contribution in [2.45, 2.75) is 6.92 Å². The molecule has 0 aliphatic rings. The van der Waals surface area contributed by atoms with E-state index in [9.17, 15) is 4.79 Å². The molecule has 2 rings (SSSR count). The van der Waals surface area contributed by atoms with E-state index in [1.165, 1.54) is 6.07 Å². The van der Waals surface area contributed by atoms with Crippen molar-refractivity contribution in [2.24, 2.45) is 7.05 Å². The van der Waals surface area contributed by atoms with Crippen LogP contribution in [0, 0.1) is 18.3 Å². The average Bonchev–Trinajstić information content (AvgIpc) is 2.71. The van der Waals surface area contributed by atoms with Gasteiger partial charge in [-0.25, -0.2) is 0 Å². The summed E-state index contributed by atoms with van der Waals surface area (Å²) in [5, 5.41) is 15.9. The van der Waals surface area contributed by atoms with Crippen LogP contribution in [0.3, 0.4) is 0 Å². The van der Waals surface area contributed by atoms with Crippen LogP contribution in [-0.4, -0.2) is 15.7 Å². The van der Waals surface area contributed by atoms with Gasteiger partial charge >= 0.3 is 0 Å². The molecule has 1 aromatic heterocycles. The van der Waals surface area contributed by atoms with Crippen LogP contribution >= 0.6 is 11.6 Å². The van der Waals surface area contributed by atoms with E-state index in [0.717, 1.165) is 0 Å². The number of carbonyl (C=O) groups is 1. The molecule has 1 amide bonds. The topological polar surface area (TPSA) is 70.7 Å². The van der Waals surface area contributed by atoms with Gasteiger partial charge < -0.3 is 5.32 Å². The average molecular weight is 275 g/mol. The van der Waals surface area contributed by atoms with E-state index in [4.69, 9.17) is 16.9 Å². The molecule has 0 aliphatic heterocycles. The highest BCUT2D eigenvalue weighted by Crippen LogP contribution is 2.23. The van der Waals surface area contributed by atoms with Gasteiger partial charge in [0.25, 0.3) is 5.91 Å². The summed E-state index contributed by atoms with van der Waals surface area (Å²) >= 11 is 6.00. The number of hydrogen-bond donors (Lipinski definition) is 1. The molecule has 19 heavy (non-hydrogen) atoms. The highest BCUT2D eigenvalue weighted by Gasteiger charge is 2.14. The molecule has 96 valence electrons. The van der Waals surface area contributed by atoms with Gasteiger partial charge in [0.05, 0.1) is 33.6 Å². The Morgan fingerprint density at radius 1 is 1.53 bits per heavy atom. The molecule has 1 aromatic carbocycles. The van der Waals surface area contributed by atoms with Crippen molar-refractivity contribution in [1.82, 2.24) is 9.78 Å². The number of nitrogens with one attached hydrogen (secondary N) is 1. The predicted molar refractivity (Wildman–Crippen MR) is 72.1 cm³/mol. The Balaban J connectivity index is 2.25. The van der Waals surface area contributed by atoms with Crippen LogP contribution in [0.2, 0.25) is 5.02 Å². The first-order valence-corrected chi connectivity index (χ1v) is 5.90. The molecule has 1 N–H and O–H groups in total. The molecule has 0 saturated heterocycles. The van der Waals surface area contributed by atoms with Gasteiger partial charge in [-0.2, -0.15) is 10.4 Å². The van der Waals surface area contributed by atoms with E-state index >= 15 is 0 Å². The van der Waals surface area contributed by atoms with Crippen molar-refractivity contribution >= 4 is 23.2 Å². The normalized spacial score (nSPS) is 10.0. The van der Waals surface area contributed by atoms with Crippen molar-refractivity contribution in [3.05, 3.63) is 46.2 Å². The van der Waals surface area contributed by atoms with Crippen LogP contribution in [0.1, 0.15) is 21.6 Å². The number of rotatable bonds is 2. The Labute approximate surface area is 115 Å². The first-order chi connectivity index (χ1) is 9.01. The summed E-state index contributed by atoms with van der Waals surface area (Å²) in [5.74, 6) is -0.280. The summed E-state index contributed by atoms with van der Waals surface area (Å²) in [6, 6.07) is 6.69. The smallest absolute Gasteiger partial charge is 0.259 e. The summed E-state index contributed by atoms with van der Waals surface area (Å²) in [7, 11) is 1.75. The SMILES string of the molecule is Cc1nn(C)cc1C(=O)Nc1ccc(C#N)cc1Cl. The predicted octanol–water partition coefficient (Wildman–Crippen LogP) is 2.51. The highest BCUT2D eigenvalue weighted by atomic mass is 35.5. The van der Waals surface area contributed by atoms with Gasteiger partial charge in [-0.05, 0) is 25.1 Å². The van der Waals surface area contributed by atoms with Crippen molar-refractivity contribution in [2.75, 3.05) is 5.32 Å². The summed E-state index contributed by atoms with van der Waals surface area (Å²) in [5.41, 5.74) is 2.04. The zero-order chi connectivity index (χ0) is 14.0. The van der Waals surface area contributed by atoms with Crippen LogP contribution < -0.4 is 5.32 Å². The molecule has 0 spiro atoms. The van der Waals surface area contributed by atoms with Gasteiger partial charge in [0.2, 0.25) is 0 Å². The molecule has 0 radical (unpaired) electrons. The molecular weight excluding hydrogens is 264 g/mol. The lowest BCUT2D eigenvalue weighted by molar-refractivity contribution is 0.102. The van der Waals surface area contributed by atoms with Gasteiger partial charge in [0.15, 0.2) is 0 Å². The van der Waals surface area contributed by atoms with Gasteiger partial charge in [0.1, 0.15) is 0 Å². The second-order valence-corrected chi connectivity index (χ2v) is 4.47. The summed E-state index contributed by atoms with van der Waals surface area (Å²) in [6.07, 6.45) is 1.64. The second-order valence-electron chi connectivity index (χ2n) is 4.06.